The number of ether oxygens (including phenoxy) is 1. The van der Waals surface area contributed by atoms with Crippen LogP contribution in [0, 0.1) is 11.7 Å². The summed E-state index contributed by atoms with van der Waals surface area (Å²) in [7, 11) is 0. The standard InChI is InChI=1S/C18H26FN3O2/c1-14-11-17(15-3-2-4-16(19)12-15)22(13-14)18(23)20-5-6-21-7-9-24-10-8-21/h2-4,12,14,17H,5-11,13H2,1H3,(H,20,23). The zero-order valence-electron chi connectivity index (χ0n) is 14.2. The normalized spacial score (nSPS) is 25.0. The van der Waals surface area contributed by atoms with Crippen molar-refractivity contribution in [1.29, 1.82) is 0 Å². The molecule has 0 saturated carbocycles. The summed E-state index contributed by atoms with van der Waals surface area (Å²) in [5, 5.41) is 3.02. The van der Waals surface area contributed by atoms with Crippen molar-refractivity contribution in [2.75, 3.05) is 45.9 Å². The molecule has 2 fully saturated rings. The molecular weight excluding hydrogens is 309 g/mol. The van der Waals surface area contributed by atoms with Crippen LogP contribution in [0.15, 0.2) is 24.3 Å². The Kier molecular flexibility index (Phi) is 5.68. The van der Waals surface area contributed by atoms with E-state index in [9.17, 15) is 9.18 Å². The third-order valence-corrected chi connectivity index (χ3v) is 4.81. The van der Waals surface area contributed by atoms with Crippen molar-refractivity contribution < 1.29 is 13.9 Å². The van der Waals surface area contributed by atoms with Gasteiger partial charge >= 0.3 is 6.03 Å². The van der Waals surface area contributed by atoms with Gasteiger partial charge in [0.15, 0.2) is 0 Å². The molecule has 2 saturated heterocycles. The van der Waals surface area contributed by atoms with Gasteiger partial charge in [-0.2, -0.15) is 0 Å². The van der Waals surface area contributed by atoms with Crippen LogP contribution in [0.5, 0.6) is 0 Å². The lowest BCUT2D eigenvalue weighted by Gasteiger charge is -2.28. The van der Waals surface area contributed by atoms with Gasteiger partial charge in [-0.3, -0.25) is 4.90 Å². The van der Waals surface area contributed by atoms with Crippen molar-refractivity contribution in [1.82, 2.24) is 15.1 Å². The number of urea groups is 1. The van der Waals surface area contributed by atoms with Gasteiger partial charge in [-0.25, -0.2) is 9.18 Å². The van der Waals surface area contributed by atoms with Crippen LogP contribution in [0.3, 0.4) is 0 Å². The summed E-state index contributed by atoms with van der Waals surface area (Å²) in [6, 6.07) is 6.49. The largest absolute Gasteiger partial charge is 0.379 e. The van der Waals surface area contributed by atoms with Crippen molar-refractivity contribution in [2.45, 2.75) is 19.4 Å². The Bertz CT molecular complexity index is 563. The Labute approximate surface area is 142 Å². The predicted molar refractivity (Wildman–Crippen MR) is 90.3 cm³/mol. The molecule has 0 radical (unpaired) electrons. The van der Waals surface area contributed by atoms with Gasteiger partial charge in [0.1, 0.15) is 5.82 Å². The van der Waals surface area contributed by atoms with Crippen LogP contribution in [0.25, 0.3) is 0 Å². The molecule has 2 amide bonds. The number of carbonyl (C=O) groups is 1. The molecule has 0 bridgehead atoms. The second-order valence-electron chi connectivity index (χ2n) is 6.75. The first-order valence-corrected chi connectivity index (χ1v) is 8.73. The summed E-state index contributed by atoms with van der Waals surface area (Å²) in [5.41, 5.74) is 0.877. The van der Waals surface area contributed by atoms with Gasteiger partial charge in [-0.05, 0) is 30.0 Å². The van der Waals surface area contributed by atoms with E-state index in [-0.39, 0.29) is 17.9 Å². The van der Waals surface area contributed by atoms with Crippen molar-refractivity contribution in [3.05, 3.63) is 35.6 Å². The Morgan fingerprint density at radius 2 is 2.17 bits per heavy atom. The molecule has 3 rings (SSSR count). The molecular formula is C18H26FN3O2. The van der Waals surface area contributed by atoms with Crippen LogP contribution in [0.4, 0.5) is 9.18 Å². The van der Waals surface area contributed by atoms with Gasteiger partial charge in [0.05, 0.1) is 19.3 Å². The van der Waals surface area contributed by atoms with Crippen LogP contribution < -0.4 is 5.32 Å². The highest BCUT2D eigenvalue weighted by Gasteiger charge is 2.34. The summed E-state index contributed by atoms with van der Waals surface area (Å²) in [5.74, 6) is 0.169. The minimum Gasteiger partial charge on any atom is -0.379 e. The molecule has 2 heterocycles. The van der Waals surface area contributed by atoms with Gasteiger partial charge in [0.25, 0.3) is 0 Å². The van der Waals surface area contributed by atoms with Crippen molar-refractivity contribution in [3.63, 3.8) is 0 Å². The summed E-state index contributed by atoms with van der Waals surface area (Å²) in [4.78, 5) is 16.7. The zero-order valence-corrected chi connectivity index (χ0v) is 14.2. The maximum absolute atomic E-state index is 13.5. The van der Waals surface area contributed by atoms with E-state index in [2.05, 4.69) is 17.1 Å². The highest BCUT2D eigenvalue weighted by Crippen LogP contribution is 2.35. The molecule has 24 heavy (non-hydrogen) atoms. The van der Waals surface area contributed by atoms with Crippen molar-refractivity contribution in [3.8, 4) is 0 Å². The lowest BCUT2D eigenvalue weighted by molar-refractivity contribution is 0.0385. The number of halogens is 1. The van der Waals surface area contributed by atoms with Crippen molar-refractivity contribution in [2.24, 2.45) is 5.92 Å². The number of amides is 2. The second-order valence-corrected chi connectivity index (χ2v) is 6.75. The molecule has 5 nitrogen and oxygen atoms in total. The number of rotatable bonds is 4. The van der Waals surface area contributed by atoms with Crippen molar-refractivity contribution >= 4 is 6.03 Å². The molecule has 1 aromatic rings. The van der Waals surface area contributed by atoms with Gasteiger partial charge in [-0.15, -0.1) is 0 Å². The molecule has 2 aliphatic heterocycles. The number of likely N-dealkylation sites (tertiary alicyclic amines) is 1. The van der Waals surface area contributed by atoms with E-state index in [4.69, 9.17) is 4.74 Å². The van der Waals surface area contributed by atoms with E-state index >= 15 is 0 Å². The Morgan fingerprint density at radius 3 is 2.92 bits per heavy atom. The molecule has 1 N–H and O–H groups in total. The van der Waals surface area contributed by atoms with Gasteiger partial charge in [0.2, 0.25) is 0 Å². The first kappa shape index (κ1) is 17.2. The van der Waals surface area contributed by atoms with E-state index < -0.39 is 0 Å². The Balaban J connectivity index is 1.55. The molecule has 1 aromatic carbocycles. The number of hydrogen-bond acceptors (Lipinski definition) is 3. The molecule has 2 aliphatic rings. The fourth-order valence-electron chi connectivity index (χ4n) is 3.55. The quantitative estimate of drug-likeness (QED) is 0.918. The lowest BCUT2D eigenvalue weighted by Crippen LogP contribution is -2.45. The SMILES string of the molecule is CC1CC(c2cccc(F)c2)N(C(=O)NCCN2CCOCC2)C1. The van der Waals surface area contributed by atoms with Crippen LogP contribution >= 0.6 is 0 Å². The highest BCUT2D eigenvalue weighted by molar-refractivity contribution is 5.75. The molecule has 6 heteroatoms. The summed E-state index contributed by atoms with van der Waals surface area (Å²) < 4.78 is 18.8. The second kappa shape index (κ2) is 7.94. The molecule has 0 aromatic heterocycles. The third-order valence-electron chi connectivity index (χ3n) is 4.81. The highest BCUT2D eigenvalue weighted by atomic mass is 19.1. The fourth-order valence-corrected chi connectivity index (χ4v) is 3.55. The lowest BCUT2D eigenvalue weighted by atomic mass is 10.0. The van der Waals surface area contributed by atoms with E-state index in [0.29, 0.717) is 19.0 Å². The monoisotopic (exact) mass is 335 g/mol. The topological polar surface area (TPSA) is 44.8 Å². The van der Waals surface area contributed by atoms with E-state index in [1.54, 1.807) is 6.07 Å². The van der Waals surface area contributed by atoms with E-state index in [1.807, 2.05) is 11.0 Å². The average Bonchev–Trinajstić information content (AvgIpc) is 2.98. The molecule has 0 spiro atoms. The molecule has 132 valence electrons. The smallest absolute Gasteiger partial charge is 0.317 e. The average molecular weight is 335 g/mol. The van der Waals surface area contributed by atoms with Crippen LogP contribution in [0.1, 0.15) is 24.9 Å². The third kappa shape index (κ3) is 4.24. The van der Waals surface area contributed by atoms with E-state index in [1.165, 1.54) is 12.1 Å². The number of benzene rings is 1. The predicted octanol–water partition coefficient (Wildman–Crippen LogP) is 2.25. The van der Waals surface area contributed by atoms with Gasteiger partial charge in [0, 0.05) is 32.7 Å². The molecule has 2 atom stereocenters. The first-order valence-electron chi connectivity index (χ1n) is 8.73. The van der Waals surface area contributed by atoms with Gasteiger partial charge < -0.3 is 15.0 Å². The maximum atomic E-state index is 13.5. The first-order chi connectivity index (χ1) is 11.6. The number of nitrogens with zero attached hydrogens (tertiary/aromatic N) is 2. The fraction of sp³-hybridized carbons (Fsp3) is 0.611. The summed E-state index contributed by atoms with van der Waals surface area (Å²) in [6.07, 6.45) is 0.875. The number of nitrogens with one attached hydrogen (secondary N) is 1. The molecule has 2 unspecified atom stereocenters. The minimum atomic E-state index is -0.250. The minimum absolute atomic E-state index is 0.0425. The Morgan fingerprint density at radius 1 is 1.38 bits per heavy atom. The number of hydrogen-bond donors (Lipinski definition) is 1. The Hall–Kier alpha value is -1.66. The van der Waals surface area contributed by atoms with Gasteiger partial charge in [-0.1, -0.05) is 19.1 Å². The van der Waals surface area contributed by atoms with Crippen LogP contribution in [-0.2, 0) is 4.74 Å². The number of carbonyl (C=O) groups excluding carboxylic acids is 1. The zero-order chi connectivity index (χ0) is 16.9. The summed E-state index contributed by atoms with van der Waals surface area (Å²) >= 11 is 0. The van der Waals surface area contributed by atoms with Crippen LogP contribution in [-0.4, -0.2) is 61.8 Å². The van der Waals surface area contributed by atoms with Crippen LogP contribution in [0.2, 0.25) is 0 Å². The van der Waals surface area contributed by atoms with E-state index in [0.717, 1.165) is 44.8 Å². The molecule has 0 aliphatic carbocycles. The number of morpholine rings is 1. The summed E-state index contributed by atoms with van der Waals surface area (Å²) in [6.45, 7) is 7.67. The maximum Gasteiger partial charge on any atom is 0.317 e.